The van der Waals surface area contributed by atoms with Crippen LogP contribution in [0.25, 0.3) is 0 Å². The van der Waals surface area contributed by atoms with Crippen LogP contribution in [0.15, 0.2) is 10.4 Å². The first kappa shape index (κ1) is 29.6. The average Bonchev–Trinajstić information content (AvgIpc) is 2.34. The van der Waals surface area contributed by atoms with Crippen LogP contribution in [-0.4, -0.2) is 52.0 Å². The lowest BCUT2D eigenvalue weighted by molar-refractivity contribution is 0.0594. The number of rotatable bonds is 5. The van der Waals surface area contributed by atoms with Crippen molar-refractivity contribution in [3.63, 3.8) is 0 Å². The van der Waals surface area contributed by atoms with Gasteiger partial charge in [0, 0.05) is 20.8 Å². The molecule has 0 N–H and O–H groups in total. The van der Waals surface area contributed by atoms with Gasteiger partial charge in [0.05, 0.1) is 13.3 Å². The lowest BCUT2D eigenvalue weighted by Gasteiger charge is -2.75. The molecule has 0 radical (unpaired) electrons. The van der Waals surface area contributed by atoms with E-state index in [9.17, 15) is 0 Å². The minimum Gasteiger partial charge on any atom is -0.410 e. The number of hydrogen-bond acceptors (Lipinski definition) is 1. The van der Waals surface area contributed by atoms with Crippen molar-refractivity contribution in [3.8, 4) is 11.5 Å². The fourth-order valence-electron chi connectivity index (χ4n) is 6.61. The summed E-state index contributed by atoms with van der Waals surface area (Å²) in [6.45, 7) is 45.7. The SMILES string of the molecule is CC(C)(C)C1(O[Si](C)(C)C)C(C#C[Si](C)(C)C)=C([Si](C)(C)C)[Si]1([Si](C)(C)C)[Si](C)(C)C. The molecule has 0 aromatic rings. The molecular formula is C24H54OSi6. The zero-order valence-electron chi connectivity index (χ0n) is 24.4. The third-order valence-electron chi connectivity index (χ3n) is 6.58. The maximum Gasteiger partial charge on any atom is 0.184 e. The van der Waals surface area contributed by atoms with Gasteiger partial charge >= 0.3 is 0 Å². The first-order valence-corrected chi connectivity index (χ1v) is 33.6. The van der Waals surface area contributed by atoms with E-state index >= 15 is 0 Å². The quantitative estimate of drug-likeness (QED) is 0.260. The topological polar surface area (TPSA) is 9.23 Å². The van der Waals surface area contributed by atoms with E-state index in [0.717, 1.165) is 0 Å². The molecule has 1 atom stereocenters. The molecule has 0 bridgehead atoms. The summed E-state index contributed by atoms with van der Waals surface area (Å²) in [5.74, 6) is 3.94. The Morgan fingerprint density at radius 3 is 1.32 bits per heavy atom. The Morgan fingerprint density at radius 2 is 1.10 bits per heavy atom. The van der Waals surface area contributed by atoms with Gasteiger partial charge in [-0.15, -0.1) is 5.54 Å². The molecule has 0 aliphatic carbocycles. The van der Waals surface area contributed by atoms with Crippen molar-refractivity contribution in [2.75, 3.05) is 0 Å². The Morgan fingerprint density at radius 1 is 0.710 bits per heavy atom. The van der Waals surface area contributed by atoms with E-state index < -0.39 is 46.8 Å². The van der Waals surface area contributed by atoms with E-state index in [2.05, 4.69) is 130 Å². The zero-order valence-corrected chi connectivity index (χ0v) is 30.4. The van der Waals surface area contributed by atoms with Crippen LogP contribution in [0.4, 0.5) is 0 Å². The Labute approximate surface area is 202 Å². The second-order valence-corrected chi connectivity index (χ2v) is 57.3. The van der Waals surface area contributed by atoms with E-state index in [1.54, 1.807) is 0 Å². The third kappa shape index (κ3) is 5.01. The Bertz CT molecular complexity index is 776. The molecule has 1 unspecified atom stereocenters. The van der Waals surface area contributed by atoms with Crippen molar-refractivity contribution in [1.82, 2.24) is 0 Å². The highest BCUT2D eigenvalue weighted by Crippen LogP contribution is 2.65. The Hall–Kier alpha value is 0.561. The lowest BCUT2D eigenvalue weighted by atomic mass is 9.83. The van der Waals surface area contributed by atoms with Gasteiger partial charge in [0.2, 0.25) is 0 Å². The zero-order chi connectivity index (χ0) is 25.3. The number of hydrogen-bond donors (Lipinski definition) is 0. The van der Waals surface area contributed by atoms with E-state index in [4.69, 9.17) is 4.43 Å². The van der Waals surface area contributed by atoms with Crippen molar-refractivity contribution in [2.24, 2.45) is 5.41 Å². The summed E-state index contributed by atoms with van der Waals surface area (Å²) in [6, 6.07) is 0. The van der Waals surface area contributed by atoms with Crippen molar-refractivity contribution < 1.29 is 4.43 Å². The molecule has 180 valence electrons. The molecule has 0 saturated carbocycles. The normalized spacial score (nSPS) is 23.3. The van der Waals surface area contributed by atoms with Gasteiger partial charge in [-0.05, 0) is 25.1 Å². The minimum atomic E-state index is -1.95. The van der Waals surface area contributed by atoms with Crippen LogP contribution in [-0.2, 0) is 4.43 Å². The van der Waals surface area contributed by atoms with Gasteiger partial charge in [0.25, 0.3) is 0 Å². The predicted octanol–water partition coefficient (Wildman–Crippen LogP) is 8.05. The van der Waals surface area contributed by atoms with Gasteiger partial charge in [-0.25, -0.2) is 0 Å². The van der Waals surface area contributed by atoms with E-state index in [-0.39, 0.29) is 10.6 Å². The van der Waals surface area contributed by atoms with Gasteiger partial charge in [-0.2, -0.15) is 0 Å². The molecule has 0 amide bonds. The van der Waals surface area contributed by atoms with E-state index in [0.29, 0.717) is 0 Å². The molecule has 31 heavy (non-hydrogen) atoms. The minimum absolute atomic E-state index is 0.0622. The second kappa shape index (κ2) is 8.06. The van der Waals surface area contributed by atoms with Crippen LogP contribution >= 0.6 is 0 Å². The van der Waals surface area contributed by atoms with Crippen molar-refractivity contribution in [2.45, 2.75) is 124 Å². The molecule has 7 heteroatoms. The summed E-state index contributed by atoms with van der Waals surface area (Å²) in [6.07, 6.45) is 0. The highest BCUT2D eigenvalue weighted by atomic mass is 29.6. The third-order valence-corrected chi connectivity index (χ3v) is 53.5. The van der Waals surface area contributed by atoms with E-state index in [1.165, 1.54) is 5.57 Å². The van der Waals surface area contributed by atoms with Crippen molar-refractivity contribution in [1.29, 1.82) is 0 Å². The summed E-state index contributed by atoms with van der Waals surface area (Å²) in [5, 5.41) is -0.123. The van der Waals surface area contributed by atoms with Crippen LogP contribution in [0, 0.1) is 16.9 Å². The summed E-state index contributed by atoms with van der Waals surface area (Å²) >= 11 is 0. The molecule has 0 aromatic heterocycles. The largest absolute Gasteiger partial charge is 0.410 e. The fraction of sp³-hybridized carbons (Fsp3) is 0.833. The average molecular weight is 527 g/mol. The Balaban J connectivity index is 4.49. The predicted molar refractivity (Wildman–Crippen MR) is 161 cm³/mol. The van der Waals surface area contributed by atoms with Gasteiger partial charge in [-0.3, -0.25) is 0 Å². The second-order valence-electron chi connectivity index (χ2n) is 15.9. The molecule has 0 spiro atoms. The summed E-state index contributed by atoms with van der Waals surface area (Å²) in [7, 11) is -9.99. The monoisotopic (exact) mass is 526 g/mol. The maximum atomic E-state index is 7.65. The molecule has 1 heterocycles. The molecule has 0 aromatic carbocycles. The van der Waals surface area contributed by atoms with Gasteiger partial charge < -0.3 is 4.43 Å². The lowest BCUT2D eigenvalue weighted by Crippen LogP contribution is -2.94. The maximum absolute atomic E-state index is 7.65. The van der Waals surface area contributed by atoms with Crippen molar-refractivity contribution >= 4 is 46.8 Å². The molecule has 0 fully saturated rings. The van der Waals surface area contributed by atoms with Gasteiger partial charge in [0.15, 0.2) is 8.32 Å². The van der Waals surface area contributed by atoms with Crippen LogP contribution < -0.4 is 0 Å². The fourth-order valence-corrected chi connectivity index (χ4v) is 80.4. The van der Waals surface area contributed by atoms with Gasteiger partial charge in [-0.1, -0.05) is 110 Å². The Kier molecular flexibility index (Phi) is 7.69. The molecule has 0 saturated heterocycles. The van der Waals surface area contributed by atoms with E-state index in [1.807, 2.05) is 4.82 Å². The van der Waals surface area contributed by atoms with Crippen LogP contribution in [0.5, 0.6) is 0 Å². The molecule has 1 nitrogen and oxygen atoms in total. The smallest absolute Gasteiger partial charge is 0.184 e. The standard InChI is InChI=1S/C24H54OSi6/c1-23(2,3)24(25-28(10,11)12)21(19-20-26(4,5)6)22(27(7,8)9)31(24,29(13,14)15)30(16,17)18/h1-18H3. The van der Waals surface area contributed by atoms with Crippen LogP contribution in [0.3, 0.4) is 0 Å². The molecule has 1 aliphatic heterocycles. The summed E-state index contributed by atoms with van der Waals surface area (Å²) in [5.41, 5.74) is 5.37. The van der Waals surface area contributed by atoms with Gasteiger partial charge in [0.1, 0.15) is 15.2 Å². The summed E-state index contributed by atoms with van der Waals surface area (Å²) in [4.78, 5) is 1.93. The summed E-state index contributed by atoms with van der Waals surface area (Å²) < 4.78 is 7.65. The molecular weight excluding hydrogens is 473 g/mol. The van der Waals surface area contributed by atoms with Crippen LogP contribution in [0.2, 0.25) is 98.2 Å². The first-order valence-electron chi connectivity index (χ1n) is 12.2. The van der Waals surface area contributed by atoms with Crippen LogP contribution in [0.1, 0.15) is 20.8 Å². The molecule has 1 rings (SSSR count). The highest BCUT2D eigenvalue weighted by Gasteiger charge is 2.80. The highest BCUT2D eigenvalue weighted by molar-refractivity contribution is 7.75. The first-order chi connectivity index (χ1) is 13.2. The van der Waals surface area contributed by atoms with Crippen molar-refractivity contribution in [3.05, 3.63) is 10.4 Å². The molecule has 1 aliphatic rings.